The van der Waals surface area contributed by atoms with Crippen LogP contribution in [0.2, 0.25) is 0 Å². The SMILES string of the molecule is CC1(C)CC2(CCCN(CCCN3CCCC4(CCOC(C)(C)C4)C3)C2)CCO1. The molecule has 2 atom stereocenters. The summed E-state index contributed by atoms with van der Waals surface area (Å²) in [6, 6.07) is 0. The molecule has 0 aromatic carbocycles. The van der Waals surface area contributed by atoms with Crippen LogP contribution in [0.3, 0.4) is 0 Å². The van der Waals surface area contributed by atoms with E-state index in [-0.39, 0.29) is 11.2 Å². The van der Waals surface area contributed by atoms with Gasteiger partial charge in [-0.1, -0.05) is 0 Å². The number of nitrogens with zero attached hydrogens (tertiary/aromatic N) is 2. The summed E-state index contributed by atoms with van der Waals surface area (Å²) in [5.41, 5.74) is 1.17. The first-order valence-electron chi connectivity index (χ1n) is 12.4. The second-order valence-electron chi connectivity index (χ2n) is 12.2. The van der Waals surface area contributed by atoms with Gasteiger partial charge in [0.2, 0.25) is 0 Å². The lowest BCUT2D eigenvalue weighted by molar-refractivity contribution is -0.124. The highest BCUT2D eigenvalue weighted by atomic mass is 16.5. The van der Waals surface area contributed by atoms with Gasteiger partial charge in [-0.05, 0) is 122 Å². The van der Waals surface area contributed by atoms with E-state index in [0.717, 1.165) is 13.2 Å². The van der Waals surface area contributed by atoms with E-state index < -0.39 is 0 Å². The maximum Gasteiger partial charge on any atom is 0.0632 e. The van der Waals surface area contributed by atoms with E-state index in [1.165, 1.54) is 97.1 Å². The van der Waals surface area contributed by atoms with Crippen molar-refractivity contribution in [2.75, 3.05) is 52.5 Å². The van der Waals surface area contributed by atoms with Gasteiger partial charge in [-0.15, -0.1) is 0 Å². The van der Waals surface area contributed by atoms with E-state index >= 15 is 0 Å². The van der Waals surface area contributed by atoms with Crippen LogP contribution in [0.1, 0.15) is 85.5 Å². The van der Waals surface area contributed by atoms with E-state index in [2.05, 4.69) is 37.5 Å². The average molecular weight is 407 g/mol. The fourth-order valence-corrected chi connectivity index (χ4v) is 7.39. The van der Waals surface area contributed by atoms with E-state index in [1.54, 1.807) is 0 Å². The van der Waals surface area contributed by atoms with Gasteiger partial charge < -0.3 is 19.3 Å². The molecule has 2 unspecified atom stereocenters. The highest BCUT2D eigenvalue weighted by Crippen LogP contribution is 2.46. The van der Waals surface area contributed by atoms with Crippen molar-refractivity contribution in [1.82, 2.24) is 9.80 Å². The summed E-state index contributed by atoms with van der Waals surface area (Å²) in [4.78, 5) is 5.56. The number of piperidine rings is 2. The van der Waals surface area contributed by atoms with Crippen LogP contribution in [0.4, 0.5) is 0 Å². The largest absolute Gasteiger partial charge is 0.376 e. The Morgan fingerprint density at radius 2 is 1.10 bits per heavy atom. The van der Waals surface area contributed by atoms with Crippen molar-refractivity contribution in [3.8, 4) is 0 Å². The second kappa shape index (κ2) is 8.41. The lowest BCUT2D eigenvalue weighted by Crippen LogP contribution is -2.52. The summed E-state index contributed by atoms with van der Waals surface area (Å²) in [5, 5.41) is 0. The summed E-state index contributed by atoms with van der Waals surface area (Å²) >= 11 is 0. The standard InChI is InChI=1S/C25H46N2O2/c1-22(2)18-24(10-16-28-22)8-5-12-26(20-24)14-7-15-27-13-6-9-25(21-27)11-17-29-23(3,4)19-25/h5-21H2,1-4H3. The highest BCUT2D eigenvalue weighted by Gasteiger charge is 2.44. The Balaban J connectivity index is 1.25. The summed E-state index contributed by atoms with van der Waals surface area (Å²) < 4.78 is 12.0. The fourth-order valence-electron chi connectivity index (χ4n) is 7.39. The van der Waals surface area contributed by atoms with Gasteiger partial charge in [0.25, 0.3) is 0 Å². The lowest BCUT2D eigenvalue weighted by Gasteiger charge is -2.50. The molecule has 4 heterocycles. The minimum atomic E-state index is 0.0703. The van der Waals surface area contributed by atoms with Crippen molar-refractivity contribution < 1.29 is 9.47 Å². The first-order chi connectivity index (χ1) is 13.7. The molecule has 0 aliphatic carbocycles. The molecule has 4 aliphatic heterocycles. The van der Waals surface area contributed by atoms with Gasteiger partial charge >= 0.3 is 0 Å². The van der Waals surface area contributed by atoms with Gasteiger partial charge in [-0.3, -0.25) is 0 Å². The molecular weight excluding hydrogens is 360 g/mol. The van der Waals surface area contributed by atoms with Crippen LogP contribution in [-0.4, -0.2) is 73.5 Å². The fraction of sp³-hybridized carbons (Fsp3) is 1.00. The van der Waals surface area contributed by atoms with Gasteiger partial charge in [0.1, 0.15) is 0 Å². The van der Waals surface area contributed by atoms with Crippen molar-refractivity contribution in [2.24, 2.45) is 10.8 Å². The Labute approximate surface area is 179 Å². The minimum absolute atomic E-state index is 0.0703. The number of rotatable bonds is 4. The topological polar surface area (TPSA) is 24.9 Å². The molecule has 0 N–H and O–H groups in total. The summed E-state index contributed by atoms with van der Waals surface area (Å²) in [6.07, 6.45) is 11.9. The first kappa shape index (κ1) is 22.0. The van der Waals surface area contributed by atoms with Crippen molar-refractivity contribution in [2.45, 2.75) is 96.7 Å². The van der Waals surface area contributed by atoms with Gasteiger partial charge in [0, 0.05) is 26.3 Å². The lowest BCUT2D eigenvalue weighted by atomic mass is 9.69. The molecule has 0 saturated carbocycles. The maximum absolute atomic E-state index is 6.02. The molecule has 4 fully saturated rings. The Morgan fingerprint density at radius 1 is 0.655 bits per heavy atom. The molecule has 168 valence electrons. The van der Waals surface area contributed by atoms with Crippen LogP contribution >= 0.6 is 0 Å². The Morgan fingerprint density at radius 3 is 1.52 bits per heavy atom. The first-order valence-corrected chi connectivity index (χ1v) is 12.4. The van der Waals surface area contributed by atoms with E-state index in [9.17, 15) is 0 Å². The van der Waals surface area contributed by atoms with E-state index in [1.807, 2.05) is 0 Å². The molecule has 0 bridgehead atoms. The van der Waals surface area contributed by atoms with Crippen molar-refractivity contribution in [1.29, 1.82) is 0 Å². The predicted molar refractivity (Wildman–Crippen MR) is 119 cm³/mol. The highest BCUT2D eigenvalue weighted by molar-refractivity contribution is 4.96. The average Bonchev–Trinajstić information content (AvgIpc) is 2.60. The molecule has 4 nitrogen and oxygen atoms in total. The Kier molecular flexibility index (Phi) is 6.39. The third kappa shape index (κ3) is 5.56. The molecule has 0 aromatic heterocycles. The summed E-state index contributed by atoms with van der Waals surface area (Å²) in [5.74, 6) is 0. The van der Waals surface area contributed by atoms with Gasteiger partial charge in [0.15, 0.2) is 0 Å². The molecule has 4 heteroatoms. The summed E-state index contributed by atoms with van der Waals surface area (Å²) in [7, 11) is 0. The zero-order chi connectivity index (χ0) is 20.6. The molecule has 2 spiro atoms. The second-order valence-corrected chi connectivity index (χ2v) is 12.2. The van der Waals surface area contributed by atoms with Crippen molar-refractivity contribution >= 4 is 0 Å². The van der Waals surface area contributed by atoms with E-state index in [4.69, 9.17) is 9.47 Å². The molecule has 4 saturated heterocycles. The normalized spacial score (nSPS) is 38.5. The number of hydrogen-bond acceptors (Lipinski definition) is 4. The third-order valence-electron chi connectivity index (χ3n) is 8.28. The monoisotopic (exact) mass is 406 g/mol. The predicted octanol–water partition coefficient (Wildman–Crippen LogP) is 4.72. The van der Waals surface area contributed by atoms with Crippen LogP contribution in [0, 0.1) is 10.8 Å². The molecule has 0 amide bonds. The third-order valence-corrected chi connectivity index (χ3v) is 8.28. The molecule has 0 aromatic rings. The van der Waals surface area contributed by atoms with Gasteiger partial charge in [-0.25, -0.2) is 0 Å². The van der Waals surface area contributed by atoms with Gasteiger partial charge in [-0.2, -0.15) is 0 Å². The minimum Gasteiger partial charge on any atom is -0.376 e. The molecule has 4 aliphatic rings. The van der Waals surface area contributed by atoms with Crippen LogP contribution in [-0.2, 0) is 9.47 Å². The Hall–Kier alpha value is -0.160. The van der Waals surface area contributed by atoms with Crippen LogP contribution in [0.15, 0.2) is 0 Å². The summed E-state index contributed by atoms with van der Waals surface area (Å²) in [6.45, 7) is 18.8. The maximum atomic E-state index is 6.02. The van der Waals surface area contributed by atoms with Crippen molar-refractivity contribution in [3.63, 3.8) is 0 Å². The molecular formula is C25H46N2O2. The number of ether oxygens (including phenoxy) is 2. The zero-order valence-corrected chi connectivity index (χ0v) is 19.7. The molecule has 0 radical (unpaired) electrons. The smallest absolute Gasteiger partial charge is 0.0632 e. The Bertz CT molecular complexity index is 507. The van der Waals surface area contributed by atoms with Crippen molar-refractivity contribution in [3.05, 3.63) is 0 Å². The van der Waals surface area contributed by atoms with Crippen LogP contribution in [0.25, 0.3) is 0 Å². The van der Waals surface area contributed by atoms with E-state index in [0.29, 0.717) is 10.8 Å². The molecule has 29 heavy (non-hydrogen) atoms. The van der Waals surface area contributed by atoms with Gasteiger partial charge in [0.05, 0.1) is 11.2 Å². The van der Waals surface area contributed by atoms with Crippen LogP contribution in [0.5, 0.6) is 0 Å². The van der Waals surface area contributed by atoms with Crippen LogP contribution < -0.4 is 0 Å². The number of likely N-dealkylation sites (tertiary alicyclic amines) is 2. The quantitative estimate of drug-likeness (QED) is 0.674. The molecule has 4 rings (SSSR count). The number of hydrogen-bond donors (Lipinski definition) is 0. The zero-order valence-electron chi connectivity index (χ0n) is 19.7.